The van der Waals surface area contributed by atoms with Crippen LogP contribution in [0.15, 0.2) is 0 Å². The van der Waals surface area contributed by atoms with Crippen molar-refractivity contribution >= 4 is 0 Å². The quantitative estimate of drug-likeness (QED) is 0.629. The first kappa shape index (κ1) is 14.0. The normalized spacial score (nSPS) is 15.9. The van der Waals surface area contributed by atoms with E-state index in [0.29, 0.717) is 6.04 Å². The zero-order valence-corrected chi connectivity index (χ0v) is 10.6. The molecule has 0 rings (SSSR count). The lowest BCUT2D eigenvalue weighted by Crippen LogP contribution is -2.31. The first-order valence-electron chi connectivity index (χ1n) is 6.41. The lowest BCUT2D eigenvalue weighted by molar-refractivity contribution is 0.311. The Kier molecular flexibility index (Phi) is 8.26. The van der Waals surface area contributed by atoms with E-state index in [1.54, 1.807) is 0 Å². The van der Waals surface area contributed by atoms with Crippen molar-refractivity contribution in [3.8, 4) is 0 Å². The molecule has 0 aliphatic rings. The molecule has 0 saturated heterocycles. The minimum atomic E-state index is 0.435. The lowest BCUT2D eigenvalue weighted by Gasteiger charge is -2.25. The van der Waals surface area contributed by atoms with E-state index in [-0.39, 0.29) is 0 Å². The molecular weight excluding hydrogens is 170 g/mol. The van der Waals surface area contributed by atoms with Gasteiger partial charge in [-0.15, -0.1) is 0 Å². The van der Waals surface area contributed by atoms with E-state index in [1.165, 1.54) is 38.5 Å². The summed E-state index contributed by atoms with van der Waals surface area (Å²) < 4.78 is 0. The Hall–Kier alpha value is -0.0400. The van der Waals surface area contributed by atoms with Crippen LogP contribution in [0.1, 0.15) is 66.2 Å². The Morgan fingerprint density at radius 1 is 1.00 bits per heavy atom. The van der Waals surface area contributed by atoms with Gasteiger partial charge in [0.25, 0.3) is 0 Å². The minimum absolute atomic E-state index is 0.435. The van der Waals surface area contributed by atoms with Crippen molar-refractivity contribution in [1.29, 1.82) is 0 Å². The highest BCUT2D eigenvalue weighted by atomic mass is 14.6. The molecule has 2 N–H and O–H groups in total. The van der Waals surface area contributed by atoms with Gasteiger partial charge in [-0.2, -0.15) is 0 Å². The monoisotopic (exact) mass is 199 g/mol. The molecule has 0 radical (unpaired) electrons. The third-order valence-corrected chi connectivity index (χ3v) is 3.30. The van der Waals surface area contributed by atoms with Gasteiger partial charge in [-0.25, -0.2) is 0 Å². The fourth-order valence-corrected chi connectivity index (χ4v) is 2.14. The van der Waals surface area contributed by atoms with Gasteiger partial charge in [0.1, 0.15) is 0 Å². The van der Waals surface area contributed by atoms with Crippen LogP contribution in [0.5, 0.6) is 0 Å². The Morgan fingerprint density at radius 2 is 1.50 bits per heavy atom. The summed E-state index contributed by atoms with van der Waals surface area (Å²) in [5, 5.41) is 0. The molecule has 0 heterocycles. The van der Waals surface area contributed by atoms with E-state index in [9.17, 15) is 0 Å². The van der Waals surface area contributed by atoms with E-state index in [0.717, 1.165) is 11.8 Å². The zero-order valence-electron chi connectivity index (χ0n) is 10.6. The Labute approximate surface area is 90.5 Å². The van der Waals surface area contributed by atoms with Crippen LogP contribution in [0.4, 0.5) is 0 Å². The van der Waals surface area contributed by atoms with Crippen LogP contribution in [0.2, 0.25) is 0 Å². The highest BCUT2D eigenvalue weighted by Crippen LogP contribution is 2.22. The number of hydrogen-bond donors (Lipinski definition) is 1. The molecular formula is C13H29N. The van der Waals surface area contributed by atoms with Crippen LogP contribution in [0.25, 0.3) is 0 Å². The highest BCUT2D eigenvalue weighted by molar-refractivity contribution is 4.74. The van der Waals surface area contributed by atoms with Crippen LogP contribution in [0, 0.1) is 11.8 Å². The Balaban J connectivity index is 3.92. The summed E-state index contributed by atoms with van der Waals surface area (Å²) in [6, 6.07) is 0.435. The van der Waals surface area contributed by atoms with Crippen molar-refractivity contribution in [2.24, 2.45) is 17.6 Å². The first-order chi connectivity index (χ1) is 6.65. The summed E-state index contributed by atoms with van der Waals surface area (Å²) >= 11 is 0. The average molecular weight is 199 g/mol. The van der Waals surface area contributed by atoms with Crippen LogP contribution in [0.3, 0.4) is 0 Å². The van der Waals surface area contributed by atoms with Gasteiger partial charge in [0.05, 0.1) is 0 Å². The number of hydrogen-bond acceptors (Lipinski definition) is 1. The summed E-state index contributed by atoms with van der Waals surface area (Å²) in [6.45, 7) is 9.10. The SMILES string of the molecule is CCCC(CCC)C(N)CC(C)CC. The van der Waals surface area contributed by atoms with Gasteiger partial charge in [0.15, 0.2) is 0 Å². The highest BCUT2D eigenvalue weighted by Gasteiger charge is 2.17. The smallest absolute Gasteiger partial charge is 0.00696 e. The molecule has 1 nitrogen and oxygen atoms in total. The van der Waals surface area contributed by atoms with Crippen LogP contribution in [-0.4, -0.2) is 6.04 Å². The van der Waals surface area contributed by atoms with Gasteiger partial charge in [-0.05, 0) is 31.1 Å². The predicted molar refractivity (Wildman–Crippen MR) is 65.4 cm³/mol. The molecule has 0 aromatic carbocycles. The Morgan fingerprint density at radius 3 is 1.86 bits per heavy atom. The minimum Gasteiger partial charge on any atom is -0.327 e. The molecule has 0 aromatic rings. The molecule has 0 aliphatic carbocycles. The van der Waals surface area contributed by atoms with Crippen molar-refractivity contribution in [3.05, 3.63) is 0 Å². The van der Waals surface area contributed by atoms with E-state index in [4.69, 9.17) is 5.73 Å². The third-order valence-electron chi connectivity index (χ3n) is 3.30. The van der Waals surface area contributed by atoms with Crippen molar-refractivity contribution < 1.29 is 0 Å². The maximum atomic E-state index is 6.27. The van der Waals surface area contributed by atoms with Gasteiger partial charge in [-0.1, -0.05) is 47.0 Å². The van der Waals surface area contributed by atoms with Gasteiger partial charge >= 0.3 is 0 Å². The summed E-state index contributed by atoms with van der Waals surface area (Å²) in [7, 11) is 0. The second-order valence-electron chi connectivity index (χ2n) is 4.75. The summed E-state index contributed by atoms with van der Waals surface area (Å²) in [6.07, 6.45) is 7.65. The lowest BCUT2D eigenvalue weighted by atomic mass is 9.85. The molecule has 14 heavy (non-hydrogen) atoms. The second-order valence-corrected chi connectivity index (χ2v) is 4.75. The first-order valence-corrected chi connectivity index (χ1v) is 6.41. The van der Waals surface area contributed by atoms with Gasteiger partial charge in [0, 0.05) is 6.04 Å². The molecule has 86 valence electrons. The number of nitrogens with two attached hydrogens (primary N) is 1. The average Bonchev–Trinajstić information content (AvgIpc) is 2.17. The van der Waals surface area contributed by atoms with Crippen LogP contribution in [-0.2, 0) is 0 Å². The van der Waals surface area contributed by atoms with Gasteiger partial charge < -0.3 is 5.73 Å². The molecule has 0 saturated carbocycles. The largest absolute Gasteiger partial charge is 0.327 e. The Bertz CT molecular complexity index is 116. The summed E-state index contributed by atoms with van der Waals surface area (Å²) in [5.74, 6) is 1.56. The van der Waals surface area contributed by atoms with E-state index >= 15 is 0 Å². The van der Waals surface area contributed by atoms with Crippen molar-refractivity contribution in [2.45, 2.75) is 72.3 Å². The standard InChI is InChI=1S/C13H29N/c1-5-8-12(9-6-2)13(14)10-11(4)7-3/h11-13H,5-10,14H2,1-4H3. The van der Waals surface area contributed by atoms with Crippen molar-refractivity contribution in [3.63, 3.8) is 0 Å². The van der Waals surface area contributed by atoms with E-state index in [2.05, 4.69) is 27.7 Å². The maximum Gasteiger partial charge on any atom is 0.00696 e. The van der Waals surface area contributed by atoms with Crippen molar-refractivity contribution in [1.82, 2.24) is 0 Å². The molecule has 0 spiro atoms. The fourth-order valence-electron chi connectivity index (χ4n) is 2.14. The van der Waals surface area contributed by atoms with Gasteiger partial charge in [-0.3, -0.25) is 0 Å². The van der Waals surface area contributed by atoms with Crippen molar-refractivity contribution in [2.75, 3.05) is 0 Å². The number of rotatable bonds is 8. The zero-order chi connectivity index (χ0) is 11.0. The van der Waals surface area contributed by atoms with Crippen LogP contribution < -0.4 is 5.73 Å². The molecule has 0 aromatic heterocycles. The van der Waals surface area contributed by atoms with E-state index in [1.807, 2.05) is 0 Å². The predicted octanol–water partition coefficient (Wildman–Crippen LogP) is 3.97. The van der Waals surface area contributed by atoms with E-state index < -0.39 is 0 Å². The summed E-state index contributed by atoms with van der Waals surface area (Å²) in [5.41, 5.74) is 6.27. The molecule has 0 amide bonds. The molecule has 0 bridgehead atoms. The molecule has 2 atom stereocenters. The second kappa shape index (κ2) is 8.28. The molecule has 2 unspecified atom stereocenters. The molecule has 0 aliphatic heterocycles. The molecule has 1 heteroatoms. The maximum absolute atomic E-state index is 6.27. The summed E-state index contributed by atoms with van der Waals surface area (Å²) in [4.78, 5) is 0. The van der Waals surface area contributed by atoms with Crippen LogP contribution >= 0.6 is 0 Å². The third kappa shape index (κ3) is 5.64. The fraction of sp³-hybridized carbons (Fsp3) is 1.00. The molecule has 0 fully saturated rings. The topological polar surface area (TPSA) is 26.0 Å². The van der Waals surface area contributed by atoms with Gasteiger partial charge in [0.2, 0.25) is 0 Å².